The number of aromatic nitrogens is 2. The number of benzene rings is 1. The lowest BCUT2D eigenvalue weighted by atomic mass is 10.1. The first kappa shape index (κ1) is 22.0. The standard InChI is InChI=1S/C22H36N6/c1-17(2)28(18(3)4)13-11-25-22(23-6)26-15-20-8-7-9-21(14-20)16-27-12-10-24-19(27)5/h7-10,12,14,17-18H,11,13,15-16H2,1-6H3,(H2,23,25,26). The Morgan fingerprint density at radius 2 is 1.86 bits per heavy atom. The quantitative estimate of drug-likeness (QED) is 0.515. The zero-order valence-corrected chi connectivity index (χ0v) is 18.2. The second-order valence-corrected chi connectivity index (χ2v) is 7.70. The molecule has 1 aromatic heterocycles. The second kappa shape index (κ2) is 10.9. The van der Waals surface area contributed by atoms with Gasteiger partial charge in [-0.2, -0.15) is 0 Å². The number of guanidine groups is 1. The van der Waals surface area contributed by atoms with Crippen molar-refractivity contribution in [1.82, 2.24) is 25.1 Å². The van der Waals surface area contributed by atoms with E-state index in [-0.39, 0.29) is 0 Å². The van der Waals surface area contributed by atoms with Crippen LogP contribution in [0.4, 0.5) is 0 Å². The smallest absolute Gasteiger partial charge is 0.191 e. The van der Waals surface area contributed by atoms with Gasteiger partial charge in [0, 0.05) is 57.7 Å². The molecule has 0 radical (unpaired) electrons. The number of rotatable bonds is 9. The molecule has 0 aliphatic carbocycles. The molecule has 0 spiro atoms. The predicted octanol–water partition coefficient (Wildman–Crippen LogP) is 3.02. The van der Waals surface area contributed by atoms with Crippen molar-refractivity contribution in [2.75, 3.05) is 20.1 Å². The molecule has 1 heterocycles. The maximum atomic E-state index is 4.35. The van der Waals surface area contributed by atoms with E-state index in [0.717, 1.165) is 38.0 Å². The van der Waals surface area contributed by atoms with Gasteiger partial charge in [0.15, 0.2) is 5.96 Å². The Labute approximate surface area is 170 Å². The van der Waals surface area contributed by atoms with Gasteiger partial charge in [0.1, 0.15) is 5.82 Å². The van der Waals surface area contributed by atoms with Crippen molar-refractivity contribution in [2.24, 2.45) is 4.99 Å². The molecule has 0 atom stereocenters. The van der Waals surface area contributed by atoms with Crippen LogP contribution in [0.5, 0.6) is 0 Å². The predicted molar refractivity (Wildman–Crippen MR) is 118 cm³/mol. The molecule has 0 saturated heterocycles. The maximum Gasteiger partial charge on any atom is 0.191 e. The molecule has 0 amide bonds. The number of hydrogen-bond donors (Lipinski definition) is 2. The van der Waals surface area contributed by atoms with E-state index in [4.69, 9.17) is 0 Å². The third-order valence-electron chi connectivity index (χ3n) is 4.94. The molecule has 2 N–H and O–H groups in total. The van der Waals surface area contributed by atoms with Gasteiger partial charge in [0.25, 0.3) is 0 Å². The number of hydrogen-bond acceptors (Lipinski definition) is 3. The normalized spacial score (nSPS) is 12.2. The fraction of sp³-hybridized carbons (Fsp3) is 0.545. The maximum absolute atomic E-state index is 4.35. The minimum absolute atomic E-state index is 0.540. The highest BCUT2D eigenvalue weighted by Gasteiger charge is 2.12. The molecule has 154 valence electrons. The molecule has 0 unspecified atom stereocenters. The highest BCUT2D eigenvalue weighted by atomic mass is 15.2. The van der Waals surface area contributed by atoms with Crippen molar-refractivity contribution in [2.45, 2.75) is 59.8 Å². The summed E-state index contributed by atoms with van der Waals surface area (Å²) in [5.41, 5.74) is 2.51. The summed E-state index contributed by atoms with van der Waals surface area (Å²) in [6, 6.07) is 9.72. The van der Waals surface area contributed by atoms with Gasteiger partial charge in [0.05, 0.1) is 0 Å². The molecular formula is C22H36N6. The van der Waals surface area contributed by atoms with Crippen LogP contribution in [-0.4, -0.2) is 52.6 Å². The molecule has 0 aliphatic heterocycles. The van der Waals surface area contributed by atoms with Crippen molar-refractivity contribution >= 4 is 5.96 Å². The Bertz CT molecular complexity index is 739. The summed E-state index contributed by atoms with van der Waals surface area (Å²) in [5.74, 6) is 1.87. The minimum Gasteiger partial charge on any atom is -0.355 e. The van der Waals surface area contributed by atoms with Crippen molar-refractivity contribution in [1.29, 1.82) is 0 Å². The summed E-state index contributed by atoms with van der Waals surface area (Å²) in [6.07, 6.45) is 3.86. The molecule has 0 aliphatic rings. The van der Waals surface area contributed by atoms with E-state index < -0.39 is 0 Å². The van der Waals surface area contributed by atoms with Crippen LogP contribution in [0.25, 0.3) is 0 Å². The van der Waals surface area contributed by atoms with E-state index >= 15 is 0 Å². The van der Waals surface area contributed by atoms with Crippen LogP contribution in [0, 0.1) is 6.92 Å². The minimum atomic E-state index is 0.540. The Morgan fingerprint density at radius 1 is 1.14 bits per heavy atom. The Kier molecular flexibility index (Phi) is 8.51. The third-order valence-corrected chi connectivity index (χ3v) is 4.94. The first-order valence-electron chi connectivity index (χ1n) is 10.2. The molecule has 0 bridgehead atoms. The van der Waals surface area contributed by atoms with E-state index in [9.17, 15) is 0 Å². The molecule has 6 nitrogen and oxygen atoms in total. The van der Waals surface area contributed by atoms with Gasteiger partial charge in [-0.15, -0.1) is 0 Å². The number of imidazole rings is 1. The first-order valence-corrected chi connectivity index (χ1v) is 10.2. The summed E-state index contributed by atoms with van der Waals surface area (Å²) in [7, 11) is 1.82. The molecule has 2 rings (SSSR count). The SMILES string of the molecule is CN=C(NCCN(C(C)C)C(C)C)NCc1cccc(Cn2ccnc2C)c1. The fourth-order valence-electron chi connectivity index (χ4n) is 3.43. The van der Waals surface area contributed by atoms with Gasteiger partial charge < -0.3 is 15.2 Å². The molecule has 0 saturated carbocycles. The highest BCUT2D eigenvalue weighted by molar-refractivity contribution is 5.79. The molecule has 28 heavy (non-hydrogen) atoms. The monoisotopic (exact) mass is 384 g/mol. The summed E-state index contributed by atoms with van der Waals surface area (Å²) in [4.78, 5) is 11.1. The highest BCUT2D eigenvalue weighted by Crippen LogP contribution is 2.09. The Balaban J connectivity index is 1.84. The zero-order valence-electron chi connectivity index (χ0n) is 18.2. The molecule has 1 aromatic carbocycles. The van der Waals surface area contributed by atoms with Gasteiger partial charge in [-0.25, -0.2) is 4.98 Å². The van der Waals surface area contributed by atoms with Crippen molar-refractivity contribution in [3.05, 3.63) is 53.6 Å². The van der Waals surface area contributed by atoms with Crippen LogP contribution in [0.3, 0.4) is 0 Å². The molecule has 6 heteroatoms. The van der Waals surface area contributed by atoms with Crippen LogP contribution >= 0.6 is 0 Å². The average molecular weight is 385 g/mol. The Morgan fingerprint density at radius 3 is 2.46 bits per heavy atom. The molecular weight excluding hydrogens is 348 g/mol. The van der Waals surface area contributed by atoms with Crippen LogP contribution in [-0.2, 0) is 13.1 Å². The number of nitrogens with zero attached hydrogens (tertiary/aromatic N) is 4. The lowest BCUT2D eigenvalue weighted by Gasteiger charge is -2.30. The summed E-state index contributed by atoms with van der Waals surface area (Å²) >= 11 is 0. The van der Waals surface area contributed by atoms with Crippen molar-refractivity contribution in [3.63, 3.8) is 0 Å². The zero-order chi connectivity index (χ0) is 20.5. The second-order valence-electron chi connectivity index (χ2n) is 7.70. The van der Waals surface area contributed by atoms with E-state index in [1.807, 2.05) is 26.4 Å². The number of nitrogens with one attached hydrogen (secondary N) is 2. The number of aliphatic imine (C=N–C) groups is 1. The Hall–Kier alpha value is -2.34. The van der Waals surface area contributed by atoms with Crippen LogP contribution in [0.1, 0.15) is 44.6 Å². The van der Waals surface area contributed by atoms with Crippen LogP contribution in [0.15, 0.2) is 41.7 Å². The van der Waals surface area contributed by atoms with E-state index in [1.165, 1.54) is 11.1 Å². The van der Waals surface area contributed by atoms with E-state index in [1.54, 1.807) is 0 Å². The summed E-state index contributed by atoms with van der Waals surface area (Å²) in [6.45, 7) is 14.4. The summed E-state index contributed by atoms with van der Waals surface area (Å²) in [5, 5.41) is 6.84. The summed E-state index contributed by atoms with van der Waals surface area (Å²) < 4.78 is 2.15. The van der Waals surface area contributed by atoms with Gasteiger partial charge in [-0.3, -0.25) is 9.89 Å². The van der Waals surface area contributed by atoms with Gasteiger partial charge in [-0.1, -0.05) is 24.3 Å². The molecule has 2 aromatic rings. The van der Waals surface area contributed by atoms with E-state index in [0.29, 0.717) is 12.1 Å². The van der Waals surface area contributed by atoms with Gasteiger partial charge in [0.2, 0.25) is 0 Å². The van der Waals surface area contributed by atoms with Crippen LogP contribution in [0.2, 0.25) is 0 Å². The lowest BCUT2D eigenvalue weighted by molar-refractivity contribution is 0.178. The third kappa shape index (κ3) is 6.68. The van der Waals surface area contributed by atoms with Gasteiger partial charge >= 0.3 is 0 Å². The topological polar surface area (TPSA) is 57.5 Å². The first-order chi connectivity index (χ1) is 13.4. The average Bonchev–Trinajstić information content (AvgIpc) is 3.05. The van der Waals surface area contributed by atoms with Crippen LogP contribution < -0.4 is 10.6 Å². The number of aryl methyl sites for hydroxylation is 1. The van der Waals surface area contributed by atoms with Crippen molar-refractivity contribution in [3.8, 4) is 0 Å². The molecule has 0 fully saturated rings. The van der Waals surface area contributed by atoms with Crippen molar-refractivity contribution < 1.29 is 0 Å². The van der Waals surface area contributed by atoms with Gasteiger partial charge in [-0.05, 0) is 45.7 Å². The largest absolute Gasteiger partial charge is 0.355 e. The lowest BCUT2D eigenvalue weighted by Crippen LogP contribution is -2.45. The fourth-order valence-corrected chi connectivity index (χ4v) is 3.43. The van der Waals surface area contributed by atoms with E-state index in [2.05, 4.69) is 82.0 Å².